The molecule has 1 atom stereocenters. The van der Waals surface area contributed by atoms with Gasteiger partial charge in [-0.3, -0.25) is 4.98 Å². The Labute approximate surface area is 111 Å². The molecule has 0 saturated carbocycles. The number of para-hydroxylation sites is 1. The SMILES string of the molecule is NC(c1ccccn1)c1nccn1-c1ccccc1. The lowest BCUT2D eigenvalue weighted by Gasteiger charge is -2.13. The van der Waals surface area contributed by atoms with E-state index in [0.29, 0.717) is 0 Å². The van der Waals surface area contributed by atoms with Gasteiger partial charge in [0.2, 0.25) is 0 Å². The van der Waals surface area contributed by atoms with Crippen molar-refractivity contribution in [2.45, 2.75) is 6.04 Å². The Morgan fingerprint density at radius 3 is 2.42 bits per heavy atom. The van der Waals surface area contributed by atoms with E-state index in [2.05, 4.69) is 9.97 Å². The van der Waals surface area contributed by atoms with Crippen LogP contribution in [0.1, 0.15) is 17.6 Å². The average Bonchev–Trinajstić information content (AvgIpc) is 2.98. The molecule has 1 aromatic carbocycles. The average molecular weight is 250 g/mol. The van der Waals surface area contributed by atoms with Crippen LogP contribution >= 0.6 is 0 Å². The largest absolute Gasteiger partial charge is 0.316 e. The molecule has 3 aromatic rings. The highest BCUT2D eigenvalue weighted by Gasteiger charge is 2.16. The zero-order chi connectivity index (χ0) is 13.1. The molecular formula is C15H14N4. The van der Waals surface area contributed by atoms with Crippen LogP contribution in [0, 0.1) is 0 Å². The molecule has 2 heterocycles. The highest BCUT2D eigenvalue weighted by atomic mass is 15.1. The summed E-state index contributed by atoms with van der Waals surface area (Å²) in [4.78, 5) is 8.66. The van der Waals surface area contributed by atoms with Crippen molar-refractivity contribution in [3.8, 4) is 5.69 Å². The zero-order valence-corrected chi connectivity index (χ0v) is 10.3. The summed E-state index contributed by atoms with van der Waals surface area (Å²) < 4.78 is 1.99. The maximum Gasteiger partial charge on any atom is 0.136 e. The van der Waals surface area contributed by atoms with Crippen LogP contribution < -0.4 is 5.73 Å². The van der Waals surface area contributed by atoms with E-state index >= 15 is 0 Å². The summed E-state index contributed by atoms with van der Waals surface area (Å²) in [6.07, 6.45) is 5.41. The molecule has 0 saturated heterocycles. The van der Waals surface area contributed by atoms with E-state index in [1.807, 2.05) is 59.3 Å². The van der Waals surface area contributed by atoms with E-state index in [1.165, 1.54) is 0 Å². The van der Waals surface area contributed by atoms with Crippen molar-refractivity contribution in [1.82, 2.24) is 14.5 Å². The molecule has 0 aliphatic heterocycles. The van der Waals surface area contributed by atoms with Crippen LogP contribution in [-0.4, -0.2) is 14.5 Å². The van der Waals surface area contributed by atoms with Gasteiger partial charge in [0.1, 0.15) is 11.9 Å². The van der Waals surface area contributed by atoms with Gasteiger partial charge in [0.05, 0.1) is 5.69 Å². The molecule has 0 aliphatic carbocycles. The molecule has 19 heavy (non-hydrogen) atoms. The molecule has 0 bridgehead atoms. The third-order valence-electron chi connectivity index (χ3n) is 2.99. The third-order valence-corrected chi connectivity index (χ3v) is 2.99. The number of hydrogen-bond acceptors (Lipinski definition) is 3. The van der Waals surface area contributed by atoms with Crippen LogP contribution in [0.3, 0.4) is 0 Å². The summed E-state index contributed by atoms with van der Waals surface area (Å²) >= 11 is 0. The minimum atomic E-state index is -0.337. The number of hydrogen-bond donors (Lipinski definition) is 1. The first-order valence-corrected chi connectivity index (χ1v) is 6.11. The minimum absolute atomic E-state index is 0.337. The van der Waals surface area contributed by atoms with Gasteiger partial charge in [0, 0.05) is 24.3 Å². The van der Waals surface area contributed by atoms with Crippen molar-refractivity contribution < 1.29 is 0 Å². The van der Waals surface area contributed by atoms with E-state index < -0.39 is 0 Å². The number of rotatable bonds is 3. The van der Waals surface area contributed by atoms with E-state index in [9.17, 15) is 0 Å². The fourth-order valence-corrected chi connectivity index (χ4v) is 2.04. The molecule has 0 radical (unpaired) electrons. The molecule has 1 unspecified atom stereocenters. The number of nitrogens with zero attached hydrogens (tertiary/aromatic N) is 3. The van der Waals surface area contributed by atoms with E-state index in [0.717, 1.165) is 17.2 Å². The molecule has 0 fully saturated rings. The van der Waals surface area contributed by atoms with Crippen LogP contribution in [0.15, 0.2) is 67.1 Å². The second-order valence-electron chi connectivity index (χ2n) is 4.22. The van der Waals surface area contributed by atoms with Gasteiger partial charge in [-0.2, -0.15) is 0 Å². The summed E-state index contributed by atoms with van der Waals surface area (Å²) in [5.74, 6) is 0.782. The Morgan fingerprint density at radius 1 is 0.895 bits per heavy atom. The first-order valence-electron chi connectivity index (χ1n) is 6.11. The molecule has 0 aliphatic rings. The first kappa shape index (κ1) is 11.6. The number of benzene rings is 1. The van der Waals surface area contributed by atoms with E-state index in [4.69, 9.17) is 5.73 Å². The maximum atomic E-state index is 6.25. The number of imidazole rings is 1. The van der Waals surface area contributed by atoms with Crippen LogP contribution in [0.5, 0.6) is 0 Å². The highest BCUT2D eigenvalue weighted by molar-refractivity contribution is 5.34. The quantitative estimate of drug-likeness (QED) is 0.776. The van der Waals surface area contributed by atoms with Crippen molar-refractivity contribution in [2.24, 2.45) is 5.73 Å². The summed E-state index contributed by atoms with van der Waals surface area (Å²) in [5.41, 5.74) is 8.11. The molecule has 0 amide bonds. The Bertz CT molecular complexity index is 646. The predicted octanol–water partition coefficient (Wildman–Crippen LogP) is 2.32. The summed E-state index contributed by atoms with van der Waals surface area (Å²) in [6.45, 7) is 0. The molecular weight excluding hydrogens is 236 g/mol. The van der Waals surface area contributed by atoms with Gasteiger partial charge in [0.25, 0.3) is 0 Å². The number of nitrogens with two attached hydrogens (primary N) is 1. The van der Waals surface area contributed by atoms with Gasteiger partial charge >= 0.3 is 0 Å². The van der Waals surface area contributed by atoms with Gasteiger partial charge in [-0.25, -0.2) is 4.98 Å². The highest BCUT2D eigenvalue weighted by Crippen LogP contribution is 2.19. The van der Waals surface area contributed by atoms with Crippen molar-refractivity contribution in [3.63, 3.8) is 0 Å². The van der Waals surface area contributed by atoms with Crippen LogP contribution in [-0.2, 0) is 0 Å². The van der Waals surface area contributed by atoms with Gasteiger partial charge in [-0.05, 0) is 24.3 Å². The molecule has 4 heteroatoms. The molecule has 2 N–H and O–H groups in total. The van der Waals surface area contributed by atoms with Crippen molar-refractivity contribution in [3.05, 3.63) is 78.6 Å². The first-order chi connectivity index (χ1) is 9.36. The Hall–Kier alpha value is -2.46. The minimum Gasteiger partial charge on any atom is -0.316 e. The van der Waals surface area contributed by atoms with E-state index in [1.54, 1.807) is 12.4 Å². The fourth-order valence-electron chi connectivity index (χ4n) is 2.04. The van der Waals surface area contributed by atoms with Crippen LogP contribution in [0.4, 0.5) is 0 Å². The topological polar surface area (TPSA) is 56.7 Å². The van der Waals surface area contributed by atoms with Gasteiger partial charge < -0.3 is 10.3 Å². The summed E-state index contributed by atoms with van der Waals surface area (Å²) in [6, 6.07) is 15.4. The van der Waals surface area contributed by atoms with Crippen LogP contribution in [0.2, 0.25) is 0 Å². The molecule has 0 spiro atoms. The van der Waals surface area contributed by atoms with Crippen molar-refractivity contribution in [1.29, 1.82) is 0 Å². The Kier molecular flexibility index (Phi) is 3.08. The third kappa shape index (κ3) is 2.26. The summed E-state index contributed by atoms with van der Waals surface area (Å²) in [5, 5.41) is 0. The van der Waals surface area contributed by atoms with Gasteiger partial charge in [-0.1, -0.05) is 24.3 Å². The molecule has 2 aromatic heterocycles. The Balaban J connectivity index is 2.01. The maximum absolute atomic E-state index is 6.25. The smallest absolute Gasteiger partial charge is 0.136 e. The lowest BCUT2D eigenvalue weighted by molar-refractivity contribution is 0.735. The summed E-state index contributed by atoms with van der Waals surface area (Å²) in [7, 11) is 0. The molecule has 3 rings (SSSR count). The lowest BCUT2D eigenvalue weighted by atomic mass is 10.2. The zero-order valence-electron chi connectivity index (χ0n) is 10.3. The second-order valence-corrected chi connectivity index (χ2v) is 4.22. The normalized spacial score (nSPS) is 12.3. The van der Waals surface area contributed by atoms with Crippen molar-refractivity contribution in [2.75, 3.05) is 0 Å². The standard InChI is InChI=1S/C15H14N4/c16-14(13-8-4-5-9-17-13)15-18-10-11-19(15)12-6-2-1-3-7-12/h1-11,14H,16H2. The molecule has 94 valence electrons. The van der Waals surface area contributed by atoms with Gasteiger partial charge in [0.15, 0.2) is 0 Å². The monoisotopic (exact) mass is 250 g/mol. The molecule has 4 nitrogen and oxygen atoms in total. The number of aromatic nitrogens is 3. The fraction of sp³-hybridized carbons (Fsp3) is 0.0667. The van der Waals surface area contributed by atoms with Gasteiger partial charge in [-0.15, -0.1) is 0 Å². The van der Waals surface area contributed by atoms with Crippen molar-refractivity contribution >= 4 is 0 Å². The second kappa shape index (κ2) is 5.04. The number of pyridine rings is 1. The van der Waals surface area contributed by atoms with E-state index in [-0.39, 0.29) is 6.04 Å². The van der Waals surface area contributed by atoms with Crippen LogP contribution in [0.25, 0.3) is 5.69 Å². The Morgan fingerprint density at radius 2 is 1.68 bits per heavy atom. The predicted molar refractivity (Wildman–Crippen MR) is 73.8 cm³/mol. The lowest BCUT2D eigenvalue weighted by Crippen LogP contribution is -2.18.